The van der Waals surface area contributed by atoms with Crippen molar-refractivity contribution in [2.75, 3.05) is 44.8 Å². The van der Waals surface area contributed by atoms with Gasteiger partial charge in [-0.05, 0) is 43.4 Å². The fourth-order valence-electron chi connectivity index (χ4n) is 3.13. The number of ether oxygens (including phenoxy) is 3. The highest BCUT2D eigenvalue weighted by molar-refractivity contribution is 14.0. The van der Waals surface area contributed by atoms with Crippen molar-refractivity contribution in [1.29, 1.82) is 0 Å². The van der Waals surface area contributed by atoms with Crippen molar-refractivity contribution in [3.8, 4) is 11.5 Å². The maximum Gasteiger partial charge on any atom is 0.195 e. The number of guanidine groups is 1. The summed E-state index contributed by atoms with van der Waals surface area (Å²) in [4.78, 5) is 4.71. The quantitative estimate of drug-likeness (QED) is 0.207. The SMILES string of the molecule is I.c1cnn(CCNC(=NCCCOCC2CC2)Nc2ccc3c(c2)OCCCO3)c1. The number of rotatable bonds is 10. The van der Waals surface area contributed by atoms with E-state index in [1.54, 1.807) is 6.20 Å². The van der Waals surface area contributed by atoms with Crippen molar-refractivity contribution in [2.24, 2.45) is 10.9 Å². The van der Waals surface area contributed by atoms with Gasteiger partial charge in [-0.15, -0.1) is 24.0 Å². The molecule has 9 heteroatoms. The molecule has 1 saturated carbocycles. The van der Waals surface area contributed by atoms with Gasteiger partial charge in [0.15, 0.2) is 17.5 Å². The Kier molecular flexibility index (Phi) is 9.73. The molecule has 0 atom stereocenters. The van der Waals surface area contributed by atoms with Crippen molar-refractivity contribution < 1.29 is 14.2 Å². The summed E-state index contributed by atoms with van der Waals surface area (Å²) in [5.41, 5.74) is 0.912. The minimum atomic E-state index is 0. The summed E-state index contributed by atoms with van der Waals surface area (Å²) in [5, 5.41) is 11.0. The lowest BCUT2D eigenvalue weighted by molar-refractivity contribution is 0.123. The first-order valence-electron chi connectivity index (χ1n) is 10.9. The minimum absolute atomic E-state index is 0. The molecule has 2 heterocycles. The second kappa shape index (κ2) is 12.7. The van der Waals surface area contributed by atoms with Crippen molar-refractivity contribution in [3.05, 3.63) is 36.7 Å². The van der Waals surface area contributed by atoms with Crippen LogP contribution in [0.3, 0.4) is 0 Å². The highest BCUT2D eigenvalue weighted by Gasteiger charge is 2.20. The smallest absolute Gasteiger partial charge is 0.195 e. The van der Waals surface area contributed by atoms with E-state index in [4.69, 9.17) is 19.2 Å². The molecule has 0 unspecified atom stereocenters. The monoisotopic (exact) mass is 541 g/mol. The number of halogens is 1. The lowest BCUT2D eigenvalue weighted by Gasteiger charge is -2.15. The molecule has 170 valence electrons. The Hall–Kier alpha value is -2.01. The Balaban J connectivity index is 0.00000272. The van der Waals surface area contributed by atoms with E-state index in [0.717, 1.165) is 68.2 Å². The Bertz CT molecular complexity index is 811. The first-order valence-corrected chi connectivity index (χ1v) is 10.9. The summed E-state index contributed by atoms with van der Waals surface area (Å²) in [6.07, 6.45) is 8.17. The molecular weight excluding hydrogens is 509 g/mol. The molecule has 1 aromatic carbocycles. The molecule has 8 nitrogen and oxygen atoms in total. The van der Waals surface area contributed by atoms with Gasteiger partial charge in [0.25, 0.3) is 0 Å². The summed E-state index contributed by atoms with van der Waals surface area (Å²) in [6, 6.07) is 7.81. The van der Waals surface area contributed by atoms with Crippen LogP contribution in [0.25, 0.3) is 0 Å². The van der Waals surface area contributed by atoms with Crippen LogP contribution in [0.1, 0.15) is 25.7 Å². The fraction of sp³-hybridized carbons (Fsp3) is 0.545. The second-order valence-electron chi connectivity index (χ2n) is 7.64. The van der Waals surface area contributed by atoms with E-state index in [0.29, 0.717) is 19.8 Å². The predicted octanol–water partition coefficient (Wildman–Crippen LogP) is 3.54. The zero-order valence-corrected chi connectivity index (χ0v) is 20.1. The van der Waals surface area contributed by atoms with Gasteiger partial charge in [0, 0.05) is 56.9 Å². The summed E-state index contributed by atoms with van der Waals surface area (Å²) in [5.74, 6) is 3.09. The van der Waals surface area contributed by atoms with Crippen molar-refractivity contribution in [3.63, 3.8) is 0 Å². The molecule has 0 radical (unpaired) electrons. The van der Waals surface area contributed by atoms with Crippen LogP contribution in [-0.4, -0.2) is 55.3 Å². The van der Waals surface area contributed by atoms with Gasteiger partial charge in [0.2, 0.25) is 0 Å². The van der Waals surface area contributed by atoms with Crippen LogP contribution in [-0.2, 0) is 11.3 Å². The lowest BCUT2D eigenvalue weighted by atomic mass is 10.3. The molecule has 0 spiro atoms. The highest BCUT2D eigenvalue weighted by atomic mass is 127. The molecular formula is C22H32IN5O3. The van der Waals surface area contributed by atoms with Gasteiger partial charge in [-0.1, -0.05) is 0 Å². The molecule has 31 heavy (non-hydrogen) atoms. The van der Waals surface area contributed by atoms with E-state index in [1.165, 1.54) is 12.8 Å². The van der Waals surface area contributed by atoms with Gasteiger partial charge in [-0.2, -0.15) is 5.10 Å². The minimum Gasteiger partial charge on any atom is -0.490 e. The number of benzene rings is 1. The van der Waals surface area contributed by atoms with Crippen molar-refractivity contribution >= 4 is 35.6 Å². The van der Waals surface area contributed by atoms with Crippen molar-refractivity contribution in [2.45, 2.75) is 32.2 Å². The first kappa shape index (κ1) is 23.6. The molecule has 1 aromatic heterocycles. The van der Waals surface area contributed by atoms with E-state index < -0.39 is 0 Å². The normalized spacial score (nSPS) is 15.7. The standard InChI is InChI=1S/C22H31N5O3.HI/c1-9-25-27(11-1)12-10-24-22(23-8-2-13-28-17-18-4-5-18)26-19-6-7-20-21(16-19)30-15-3-14-29-20;/h1,6-7,9,11,16,18H,2-5,8,10,12-15,17H2,(H2,23,24,26);1H. The Labute approximate surface area is 200 Å². The van der Waals surface area contributed by atoms with Gasteiger partial charge in [0.1, 0.15) is 0 Å². The van der Waals surface area contributed by atoms with E-state index >= 15 is 0 Å². The number of nitrogens with one attached hydrogen (secondary N) is 2. The third-order valence-corrected chi connectivity index (χ3v) is 4.97. The maximum atomic E-state index is 5.80. The number of anilines is 1. The summed E-state index contributed by atoms with van der Waals surface area (Å²) >= 11 is 0. The summed E-state index contributed by atoms with van der Waals surface area (Å²) in [7, 11) is 0. The van der Waals surface area contributed by atoms with E-state index in [-0.39, 0.29) is 24.0 Å². The Morgan fingerprint density at radius 2 is 2.10 bits per heavy atom. The van der Waals surface area contributed by atoms with E-state index in [9.17, 15) is 0 Å². The molecule has 0 amide bonds. The average molecular weight is 541 g/mol. The van der Waals surface area contributed by atoms with Crippen LogP contribution in [0, 0.1) is 5.92 Å². The number of aromatic nitrogens is 2. The molecule has 2 N–H and O–H groups in total. The summed E-state index contributed by atoms with van der Waals surface area (Å²) < 4.78 is 19.1. The van der Waals surface area contributed by atoms with E-state index in [1.807, 2.05) is 35.1 Å². The van der Waals surface area contributed by atoms with Gasteiger partial charge in [-0.3, -0.25) is 9.67 Å². The van der Waals surface area contributed by atoms with Crippen LogP contribution < -0.4 is 20.1 Å². The zero-order valence-electron chi connectivity index (χ0n) is 17.8. The number of nitrogens with zero attached hydrogens (tertiary/aromatic N) is 3. The number of aliphatic imine (C=N–C) groups is 1. The van der Waals surface area contributed by atoms with Crippen LogP contribution in [0.15, 0.2) is 41.7 Å². The molecule has 0 bridgehead atoms. The fourth-order valence-corrected chi connectivity index (χ4v) is 3.13. The van der Waals surface area contributed by atoms with Crippen LogP contribution in [0.5, 0.6) is 11.5 Å². The first-order chi connectivity index (χ1) is 14.9. The molecule has 1 fully saturated rings. The van der Waals surface area contributed by atoms with Gasteiger partial charge < -0.3 is 24.8 Å². The molecule has 1 aliphatic heterocycles. The predicted molar refractivity (Wildman–Crippen MR) is 132 cm³/mol. The van der Waals surface area contributed by atoms with Gasteiger partial charge in [-0.25, -0.2) is 0 Å². The van der Waals surface area contributed by atoms with Gasteiger partial charge >= 0.3 is 0 Å². The lowest BCUT2D eigenvalue weighted by Crippen LogP contribution is -2.33. The largest absolute Gasteiger partial charge is 0.490 e. The van der Waals surface area contributed by atoms with Crippen molar-refractivity contribution in [1.82, 2.24) is 15.1 Å². The molecule has 2 aliphatic rings. The molecule has 0 saturated heterocycles. The second-order valence-corrected chi connectivity index (χ2v) is 7.64. The third kappa shape index (κ3) is 8.21. The number of hydrogen-bond donors (Lipinski definition) is 2. The third-order valence-electron chi connectivity index (χ3n) is 4.97. The highest BCUT2D eigenvalue weighted by Crippen LogP contribution is 2.32. The Morgan fingerprint density at radius 1 is 1.23 bits per heavy atom. The summed E-state index contributed by atoms with van der Waals surface area (Å²) in [6.45, 7) is 5.19. The Morgan fingerprint density at radius 3 is 2.90 bits per heavy atom. The van der Waals surface area contributed by atoms with Gasteiger partial charge in [0.05, 0.1) is 19.8 Å². The number of hydrogen-bond acceptors (Lipinski definition) is 5. The van der Waals surface area contributed by atoms with Crippen LogP contribution in [0.2, 0.25) is 0 Å². The van der Waals surface area contributed by atoms with Crippen LogP contribution in [0.4, 0.5) is 5.69 Å². The molecule has 4 rings (SSSR count). The number of fused-ring (bicyclic) bond motifs is 1. The average Bonchev–Trinajstić information content (AvgIpc) is 3.49. The molecule has 1 aliphatic carbocycles. The molecule has 2 aromatic rings. The zero-order chi connectivity index (χ0) is 20.4. The maximum absolute atomic E-state index is 5.80. The topological polar surface area (TPSA) is 81.9 Å². The van der Waals surface area contributed by atoms with E-state index in [2.05, 4.69) is 15.7 Å². The van der Waals surface area contributed by atoms with Crippen LogP contribution >= 0.6 is 24.0 Å².